The predicted molar refractivity (Wildman–Crippen MR) is 58.6 cm³/mol. The number of nitrogens with one attached hydrogen (secondary N) is 1. The lowest BCUT2D eigenvalue weighted by Gasteiger charge is -2.03. The lowest BCUT2D eigenvalue weighted by molar-refractivity contribution is -0.125. The van der Waals surface area contributed by atoms with Crippen molar-refractivity contribution in [3.8, 4) is 0 Å². The molecule has 3 N–H and O–H groups in total. The molecule has 6 heteroatoms. The Kier molecular flexibility index (Phi) is 5.23. The Labute approximate surface area is 92.6 Å². The molecule has 0 spiro atoms. The maximum absolute atomic E-state index is 11.2. The number of nitrogens with zero attached hydrogens (tertiary/aromatic N) is 1. The van der Waals surface area contributed by atoms with Crippen molar-refractivity contribution in [2.75, 3.05) is 19.8 Å². The van der Waals surface area contributed by atoms with Crippen molar-refractivity contribution in [1.29, 1.82) is 0 Å². The maximum atomic E-state index is 11.2. The molecule has 0 bridgehead atoms. The van der Waals surface area contributed by atoms with E-state index in [0.29, 0.717) is 19.7 Å². The average Bonchev–Trinajstić information content (AvgIpc) is 2.62. The predicted octanol–water partition coefficient (Wildman–Crippen LogP) is 0.0430. The molecule has 1 amide bonds. The van der Waals surface area contributed by atoms with Gasteiger partial charge >= 0.3 is 0 Å². The summed E-state index contributed by atoms with van der Waals surface area (Å²) in [5.74, 6) is -0.144. The Balaban J connectivity index is 2.16. The average molecular weight is 229 g/mol. The van der Waals surface area contributed by atoms with Crippen LogP contribution in [0.25, 0.3) is 0 Å². The van der Waals surface area contributed by atoms with E-state index in [2.05, 4.69) is 10.3 Å². The van der Waals surface area contributed by atoms with Crippen molar-refractivity contribution >= 4 is 17.2 Å². The quantitative estimate of drug-likeness (QED) is 0.675. The SMILES string of the molecule is Cc1nc(CNC(=O)COCCN)cs1. The normalized spacial score (nSPS) is 10.3. The molecule has 0 atom stereocenters. The zero-order chi connectivity index (χ0) is 11.1. The monoisotopic (exact) mass is 229 g/mol. The van der Waals surface area contributed by atoms with Crippen LogP contribution in [0, 0.1) is 6.92 Å². The first-order valence-electron chi connectivity index (χ1n) is 4.68. The Hall–Kier alpha value is -0.980. The van der Waals surface area contributed by atoms with Crippen LogP contribution in [0.1, 0.15) is 10.7 Å². The highest BCUT2D eigenvalue weighted by Crippen LogP contribution is 2.06. The van der Waals surface area contributed by atoms with Crippen molar-refractivity contribution in [1.82, 2.24) is 10.3 Å². The van der Waals surface area contributed by atoms with Gasteiger partial charge in [0, 0.05) is 11.9 Å². The van der Waals surface area contributed by atoms with Crippen LogP contribution in [-0.2, 0) is 16.1 Å². The zero-order valence-corrected chi connectivity index (χ0v) is 9.47. The molecule has 0 fully saturated rings. The fourth-order valence-corrected chi connectivity index (χ4v) is 1.59. The number of hydrogen-bond acceptors (Lipinski definition) is 5. The minimum Gasteiger partial charge on any atom is -0.370 e. The van der Waals surface area contributed by atoms with E-state index in [1.54, 1.807) is 11.3 Å². The van der Waals surface area contributed by atoms with E-state index in [0.717, 1.165) is 10.7 Å². The largest absolute Gasteiger partial charge is 0.370 e. The van der Waals surface area contributed by atoms with Gasteiger partial charge in [-0.2, -0.15) is 0 Å². The molecule has 15 heavy (non-hydrogen) atoms. The molecule has 0 saturated heterocycles. The third-order valence-electron chi connectivity index (χ3n) is 1.63. The van der Waals surface area contributed by atoms with Gasteiger partial charge in [0.25, 0.3) is 0 Å². The van der Waals surface area contributed by atoms with Gasteiger partial charge in [0.1, 0.15) is 6.61 Å². The lowest BCUT2D eigenvalue weighted by atomic mass is 10.4. The minimum absolute atomic E-state index is 0.0559. The standard InChI is InChI=1S/C9H15N3O2S/c1-7-12-8(6-15-7)4-11-9(13)5-14-3-2-10/h6H,2-5,10H2,1H3,(H,11,13). The summed E-state index contributed by atoms with van der Waals surface area (Å²) in [6, 6.07) is 0. The second kappa shape index (κ2) is 6.49. The third kappa shape index (κ3) is 4.87. The highest BCUT2D eigenvalue weighted by Gasteiger charge is 2.02. The van der Waals surface area contributed by atoms with Crippen LogP contribution in [0.5, 0.6) is 0 Å². The molecule has 1 aromatic heterocycles. The van der Waals surface area contributed by atoms with E-state index in [1.807, 2.05) is 12.3 Å². The van der Waals surface area contributed by atoms with E-state index in [9.17, 15) is 4.79 Å². The van der Waals surface area contributed by atoms with Gasteiger partial charge in [-0.05, 0) is 6.92 Å². The van der Waals surface area contributed by atoms with Gasteiger partial charge in [-0.25, -0.2) is 4.98 Å². The van der Waals surface area contributed by atoms with Crippen LogP contribution in [0.3, 0.4) is 0 Å². The van der Waals surface area contributed by atoms with E-state index in [1.165, 1.54) is 0 Å². The van der Waals surface area contributed by atoms with Crippen molar-refractivity contribution in [3.05, 3.63) is 16.1 Å². The number of carbonyl (C=O) groups excluding carboxylic acids is 1. The van der Waals surface area contributed by atoms with Crippen LogP contribution < -0.4 is 11.1 Å². The summed E-state index contributed by atoms with van der Waals surface area (Å²) in [6.45, 7) is 3.28. The molecule has 1 rings (SSSR count). The molecule has 1 heterocycles. The molecule has 0 aliphatic heterocycles. The van der Waals surface area contributed by atoms with Crippen molar-refractivity contribution < 1.29 is 9.53 Å². The number of carbonyl (C=O) groups is 1. The van der Waals surface area contributed by atoms with E-state index in [-0.39, 0.29) is 12.5 Å². The molecular formula is C9H15N3O2S. The van der Waals surface area contributed by atoms with Gasteiger partial charge in [-0.1, -0.05) is 0 Å². The summed E-state index contributed by atoms with van der Waals surface area (Å²) < 4.78 is 4.98. The number of hydrogen-bond donors (Lipinski definition) is 2. The Morgan fingerprint density at radius 3 is 3.13 bits per heavy atom. The second-order valence-corrected chi connectivity index (χ2v) is 4.04. The molecule has 0 aromatic carbocycles. The molecule has 0 aliphatic carbocycles. The van der Waals surface area contributed by atoms with Crippen LogP contribution in [0.2, 0.25) is 0 Å². The number of amides is 1. The van der Waals surface area contributed by atoms with Crippen molar-refractivity contribution in [2.45, 2.75) is 13.5 Å². The summed E-state index contributed by atoms with van der Waals surface area (Å²) in [5, 5.41) is 5.64. The number of rotatable bonds is 6. The van der Waals surface area contributed by atoms with Crippen LogP contribution >= 0.6 is 11.3 Å². The number of thiazole rings is 1. The molecule has 84 valence electrons. The fraction of sp³-hybridized carbons (Fsp3) is 0.556. The molecule has 0 saturated carbocycles. The van der Waals surface area contributed by atoms with E-state index >= 15 is 0 Å². The lowest BCUT2D eigenvalue weighted by Crippen LogP contribution is -2.28. The molecule has 1 aromatic rings. The fourth-order valence-electron chi connectivity index (χ4n) is 0.978. The highest BCUT2D eigenvalue weighted by atomic mass is 32.1. The molecular weight excluding hydrogens is 214 g/mol. The van der Waals surface area contributed by atoms with Gasteiger partial charge < -0.3 is 15.8 Å². The number of nitrogens with two attached hydrogens (primary N) is 1. The first-order chi connectivity index (χ1) is 7.22. The van der Waals surface area contributed by atoms with Crippen LogP contribution in [-0.4, -0.2) is 30.6 Å². The second-order valence-electron chi connectivity index (χ2n) is 2.98. The van der Waals surface area contributed by atoms with Gasteiger partial charge in [-0.15, -0.1) is 11.3 Å². The van der Waals surface area contributed by atoms with Gasteiger partial charge in [0.15, 0.2) is 0 Å². The molecule has 5 nitrogen and oxygen atoms in total. The Morgan fingerprint density at radius 1 is 1.73 bits per heavy atom. The topological polar surface area (TPSA) is 77.2 Å². The maximum Gasteiger partial charge on any atom is 0.246 e. The van der Waals surface area contributed by atoms with E-state index in [4.69, 9.17) is 10.5 Å². The smallest absolute Gasteiger partial charge is 0.246 e. The summed E-state index contributed by atoms with van der Waals surface area (Å²) in [6.07, 6.45) is 0. The Bertz CT molecular complexity index is 314. The summed E-state index contributed by atoms with van der Waals surface area (Å²) >= 11 is 1.57. The number of aromatic nitrogens is 1. The minimum atomic E-state index is -0.144. The summed E-state index contributed by atoms with van der Waals surface area (Å²) in [7, 11) is 0. The molecule has 0 unspecified atom stereocenters. The first kappa shape index (κ1) is 12.1. The first-order valence-corrected chi connectivity index (χ1v) is 5.56. The van der Waals surface area contributed by atoms with Crippen LogP contribution in [0.4, 0.5) is 0 Å². The van der Waals surface area contributed by atoms with Gasteiger partial charge in [0.05, 0.1) is 23.9 Å². The number of aryl methyl sites for hydroxylation is 1. The summed E-state index contributed by atoms with van der Waals surface area (Å²) in [5.41, 5.74) is 6.10. The highest BCUT2D eigenvalue weighted by molar-refractivity contribution is 7.09. The van der Waals surface area contributed by atoms with Gasteiger partial charge in [-0.3, -0.25) is 4.79 Å². The number of ether oxygens (including phenoxy) is 1. The molecule has 0 aliphatic rings. The van der Waals surface area contributed by atoms with Crippen LogP contribution in [0.15, 0.2) is 5.38 Å². The Morgan fingerprint density at radius 2 is 2.53 bits per heavy atom. The zero-order valence-electron chi connectivity index (χ0n) is 8.66. The molecule has 0 radical (unpaired) electrons. The van der Waals surface area contributed by atoms with Crippen molar-refractivity contribution in [3.63, 3.8) is 0 Å². The van der Waals surface area contributed by atoms with Crippen molar-refractivity contribution in [2.24, 2.45) is 5.73 Å². The van der Waals surface area contributed by atoms with E-state index < -0.39 is 0 Å². The van der Waals surface area contributed by atoms with Gasteiger partial charge in [0.2, 0.25) is 5.91 Å². The third-order valence-corrected chi connectivity index (χ3v) is 2.45. The summed E-state index contributed by atoms with van der Waals surface area (Å²) in [4.78, 5) is 15.4.